The van der Waals surface area contributed by atoms with E-state index in [2.05, 4.69) is 5.32 Å². The number of aliphatic hydroxyl groups excluding tert-OH is 1. The largest absolute Gasteiger partial charge is 0.480 e. The van der Waals surface area contributed by atoms with Gasteiger partial charge >= 0.3 is 11.9 Å². The van der Waals surface area contributed by atoms with Crippen LogP contribution in [0.3, 0.4) is 0 Å². The molecule has 0 bridgehead atoms. The minimum absolute atomic E-state index is 0.0127. The highest BCUT2D eigenvalue weighted by molar-refractivity contribution is 8.00. The first kappa shape index (κ1) is 23.7. The third-order valence-electron chi connectivity index (χ3n) is 4.12. The Kier molecular flexibility index (Phi) is 11.5. The van der Waals surface area contributed by atoms with Crippen LogP contribution in [0.15, 0.2) is 0 Å². The second kappa shape index (κ2) is 12.1. The quantitative estimate of drug-likeness (QED) is 0.314. The van der Waals surface area contributed by atoms with Crippen molar-refractivity contribution in [3.8, 4) is 0 Å². The lowest BCUT2D eigenvalue weighted by molar-refractivity contribution is -0.141. The summed E-state index contributed by atoms with van der Waals surface area (Å²) in [5, 5.41) is 30.4. The van der Waals surface area contributed by atoms with E-state index in [-0.39, 0.29) is 29.8 Å². The summed E-state index contributed by atoms with van der Waals surface area (Å²) in [6, 6.07) is -2.22. The molecule has 0 radical (unpaired) electrons. The van der Waals surface area contributed by atoms with Crippen LogP contribution in [0.2, 0.25) is 0 Å². The van der Waals surface area contributed by atoms with Crippen molar-refractivity contribution in [2.24, 2.45) is 11.7 Å². The predicted octanol–water partition coefficient (Wildman–Crippen LogP) is 0.667. The molecule has 25 heavy (non-hydrogen) atoms. The monoisotopic (exact) mass is 378 g/mol. The first-order chi connectivity index (χ1) is 11.6. The van der Waals surface area contributed by atoms with Crippen LogP contribution in [0, 0.1) is 5.92 Å². The van der Waals surface area contributed by atoms with Gasteiger partial charge < -0.3 is 26.4 Å². The van der Waals surface area contributed by atoms with Gasteiger partial charge in [0.1, 0.15) is 12.1 Å². The molecular weight excluding hydrogens is 348 g/mol. The van der Waals surface area contributed by atoms with E-state index in [9.17, 15) is 24.6 Å². The Morgan fingerprint density at radius 2 is 1.72 bits per heavy atom. The third-order valence-corrected chi connectivity index (χ3v) is 5.84. The number of carboxylic acids is 2. The number of carboxylic acid groups (broad SMARTS) is 2. The van der Waals surface area contributed by atoms with Crippen LogP contribution in [0.5, 0.6) is 0 Å². The fourth-order valence-corrected chi connectivity index (χ4v) is 3.72. The Morgan fingerprint density at radius 1 is 1.12 bits per heavy atom. The molecule has 8 nitrogen and oxygen atoms in total. The summed E-state index contributed by atoms with van der Waals surface area (Å²) in [5.74, 6) is -2.71. The average Bonchev–Trinajstić information content (AvgIpc) is 2.57. The van der Waals surface area contributed by atoms with Gasteiger partial charge in [0.15, 0.2) is 0 Å². The molecule has 0 fully saturated rings. The zero-order chi connectivity index (χ0) is 19.6. The number of carbonyl (C=O) groups is 3. The molecule has 0 aromatic rings. The van der Waals surface area contributed by atoms with Gasteiger partial charge in [-0.05, 0) is 25.2 Å². The van der Waals surface area contributed by atoms with Gasteiger partial charge in [-0.1, -0.05) is 20.8 Å². The summed E-state index contributed by atoms with van der Waals surface area (Å²) < 4.78 is 0. The summed E-state index contributed by atoms with van der Waals surface area (Å²) >= 11 is 1.41. The van der Waals surface area contributed by atoms with Crippen LogP contribution >= 0.6 is 11.8 Å². The molecule has 1 amide bonds. The molecule has 0 aromatic carbocycles. The fraction of sp³-hybridized carbons (Fsp3) is 0.812. The molecule has 0 heterocycles. The zero-order valence-corrected chi connectivity index (χ0v) is 15.8. The van der Waals surface area contributed by atoms with Gasteiger partial charge in [-0.3, -0.25) is 9.59 Å². The van der Waals surface area contributed by atoms with E-state index < -0.39 is 36.0 Å². The van der Waals surface area contributed by atoms with E-state index in [4.69, 9.17) is 10.8 Å². The molecule has 5 atom stereocenters. The Hall–Kier alpha value is -1.32. The van der Waals surface area contributed by atoms with Gasteiger partial charge in [-0.25, -0.2) is 4.79 Å². The highest BCUT2D eigenvalue weighted by Gasteiger charge is 2.26. The highest BCUT2D eigenvalue weighted by Crippen LogP contribution is 2.27. The lowest BCUT2D eigenvalue weighted by Crippen LogP contribution is -2.44. The van der Waals surface area contributed by atoms with E-state index >= 15 is 0 Å². The molecule has 0 aliphatic heterocycles. The molecule has 146 valence electrons. The Balaban J connectivity index is 4.57. The topological polar surface area (TPSA) is 150 Å². The van der Waals surface area contributed by atoms with Gasteiger partial charge in [-0.2, -0.15) is 11.8 Å². The van der Waals surface area contributed by atoms with Crippen molar-refractivity contribution in [3.63, 3.8) is 0 Å². The number of carbonyl (C=O) groups excluding carboxylic acids is 1. The normalized spacial score (nSPS) is 17.2. The maximum absolute atomic E-state index is 11.8. The summed E-state index contributed by atoms with van der Waals surface area (Å²) in [5.41, 5.74) is 5.32. The van der Waals surface area contributed by atoms with Gasteiger partial charge in [-0.15, -0.1) is 0 Å². The van der Waals surface area contributed by atoms with E-state index in [1.54, 1.807) is 0 Å². The van der Waals surface area contributed by atoms with Gasteiger partial charge in [0.05, 0.1) is 6.10 Å². The molecule has 0 aliphatic rings. The maximum atomic E-state index is 11.8. The highest BCUT2D eigenvalue weighted by atomic mass is 32.2. The number of thioether (sulfide) groups is 1. The second-order valence-electron chi connectivity index (χ2n) is 6.06. The number of amides is 1. The molecular formula is C16H30N2O6S. The smallest absolute Gasteiger partial charge is 0.327 e. The summed E-state index contributed by atoms with van der Waals surface area (Å²) in [7, 11) is 0. The van der Waals surface area contributed by atoms with Gasteiger partial charge in [0, 0.05) is 17.4 Å². The molecule has 0 aliphatic carbocycles. The van der Waals surface area contributed by atoms with Crippen molar-refractivity contribution in [2.45, 2.75) is 69.9 Å². The fourth-order valence-electron chi connectivity index (χ4n) is 2.33. The van der Waals surface area contributed by atoms with Crippen molar-refractivity contribution in [1.29, 1.82) is 0 Å². The van der Waals surface area contributed by atoms with E-state index in [1.807, 2.05) is 20.8 Å². The standard InChI is InChI=1S/C16H30N2O6S/c1-4-12(19)9(3)13(5-2)25-8-11(16(23)24)18-14(20)7-6-10(17)15(21)22/h9-13,19H,4-8,17H2,1-3H3,(H,18,20)(H,21,22)(H,23,24)/t9?,10-,11-,12?,13?/m0/s1. The summed E-state index contributed by atoms with van der Waals surface area (Å²) in [6.45, 7) is 5.79. The molecule has 0 aromatic heterocycles. The van der Waals surface area contributed by atoms with Crippen molar-refractivity contribution < 1.29 is 29.7 Å². The minimum Gasteiger partial charge on any atom is -0.480 e. The predicted molar refractivity (Wildman–Crippen MR) is 96.4 cm³/mol. The summed E-state index contributed by atoms with van der Waals surface area (Å²) in [6.07, 6.45) is 0.743. The Labute approximate surface area is 152 Å². The number of aliphatic carboxylic acids is 2. The lowest BCUT2D eigenvalue weighted by atomic mass is 9.97. The van der Waals surface area contributed by atoms with E-state index in [0.717, 1.165) is 6.42 Å². The number of hydrogen-bond acceptors (Lipinski definition) is 6. The van der Waals surface area contributed by atoms with Crippen LogP contribution < -0.4 is 11.1 Å². The first-order valence-corrected chi connectivity index (χ1v) is 9.49. The summed E-state index contributed by atoms with van der Waals surface area (Å²) in [4.78, 5) is 33.8. The SMILES string of the molecule is CCC(O)C(C)C(CC)SC[C@H](NC(=O)CC[C@H](N)C(=O)O)C(=O)O. The average molecular weight is 378 g/mol. The van der Waals surface area contributed by atoms with E-state index in [1.165, 1.54) is 11.8 Å². The van der Waals surface area contributed by atoms with Crippen molar-refractivity contribution in [3.05, 3.63) is 0 Å². The van der Waals surface area contributed by atoms with E-state index in [0.29, 0.717) is 6.42 Å². The Morgan fingerprint density at radius 3 is 2.16 bits per heavy atom. The number of nitrogens with one attached hydrogen (secondary N) is 1. The second-order valence-corrected chi connectivity index (χ2v) is 7.33. The lowest BCUT2D eigenvalue weighted by Gasteiger charge is -2.27. The van der Waals surface area contributed by atoms with Crippen LogP contribution in [-0.2, 0) is 14.4 Å². The van der Waals surface area contributed by atoms with Crippen molar-refractivity contribution in [2.75, 3.05) is 5.75 Å². The molecule has 0 saturated heterocycles. The number of rotatable bonds is 13. The molecule has 0 saturated carbocycles. The van der Waals surface area contributed by atoms with Gasteiger partial charge in [0.2, 0.25) is 5.91 Å². The molecule has 0 spiro atoms. The van der Waals surface area contributed by atoms with Crippen LogP contribution in [0.1, 0.15) is 46.5 Å². The van der Waals surface area contributed by atoms with Gasteiger partial charge in [0.25, 0.3) is 0 Å². The number of aliphatic hydroxyl groups is 1. The first-order valence-electron chi connectivity index (χ1n) is 8.44. The molecule has 9 heteroatoms. The Bertz CT molecular complexity index is 448. The third kappa shape index (κ3) is 9.08. The van der Waals surface area contributed by atoms with Crippen LogP contribution in [0.25, 0.3) is 0 Å². The van der Waals surface area contributed by atoms with Crippen LogP contribution in [-0.4, -0.2) is 62.4 Å². The van der Waals surface area contributed by atoms with Crippen LogP contribution in [0.4, 0.5) is 0 Å². The molecule has 6 N–H and O–H groups in total. The molecule has 0 rings (SSSR count). The molecule has 3 unspecified atom stereocenters. The maximum Gasteiger partial charge on any atom is 0.327 e. The number of nitrogens with two attached hydrogens (primary N) is 1. The van der Waals surface area contributed by atoms with Crippen molar-refractivity contribution in [1.82, 2.24) is 5.32 Å². The number of hydrogen-bond donors (Lipinski definition) is 5. The zero-order valence-electron chi connectivity index (χ0n) is 15.0. The van der Waals surface area contributed by atoms with Crippen molar-refractivity contribution >= 4 is 29.6 Å². The minimum atomic E-state index is -1.20.